The molecule has 11 rings (SSSR count). The maximum Gasteiger partial charge on any atom is 0.143 e. The van der Waals surface area contributed by atoms with E-state index in [0.29, 0.717) is 0 Å². The molecule has 0 fully saturated rings. The average Bonchev–Trinajstić information content (AvgIpc) is 3.80. The second-order valence-electron chi connectivity index (χ2n) is 13.7. The third kappa shape index (κ3) is 4.78. The summed E-state index contributed by atoms with van der Waals surface area (Å²) in [7, 11) is 0. The van der Waals surface area contributed by atoms with E-state index in [4.69, 9.17) is 4.42 Å². The number of thiophene rings is 1. The summed E-state index contributed by atoms with van der Waals surface area (Å²) in [6.45, 7) is 0. The summed E-state index contributed by atoms with van der Waals surface area (Å²) in [4.78, 5) is 2.43. The predicted molar refractivity (Wildman–Crippen MR) is 227 cm³/mol. The van der Waals surface area contributed by atoms with Crippen molar-refractivity contribution >= 4 is 92.1 Å². The standard InChI is InChI=1S/C50H31NOS/c1-3-14-37-32(11-1)13-9-20-45(37)51(44-19-7-5-15-38(44)35-26-29-42-41-17-6-8-22-47(41)53-48(42)31-35)36-27-23-34(24-28-36)39-18-10-21-46-49(39)43-30-25-33-12-2-4-16-40(33)50(43)52-46/h1-31H. The monoisotopic (exact) mass is 693 g/mol. The summed E-state index contributed by atoms with van der Waals surface area (Å²) >= 11 is 1.86. The molecule has 53 heavy (non-hydrogen) atoms. The van der Waals surface area contributed by atoms with E-state index in [2.05, 4.69) is 193 Å². The zero-order valence-corrected chi connectivity index (χ0v) is 29.5. The van der Waals surface area contributed by atoms with Crippen molar-refractivity contribution in [2.24, 2.45) is 0 Å². The maximum atomic E-state index is 6.54. The lowest BCUT2D eigenvalue weighted by Crippen LogP contribution is -2.11. The molecule has 0 aliphatic rings. The van der Waals surface area contributed by atoms with Crippen LogP contribution in [-0.2, 0) is 0 Å². The highest BCUT2D eigenvalue weighted by Crippen LogP contribution is 2.46. The molecular weight excluding hydrogens is 663 g/mol. The van der Waals surface area contributed by atoms with Gasteiger partial charge in [-0.2, -0.15) is 0 Å². The number of rotatable bonds is 5. The largest absolute Gasteiger partial charge is 0.455 e. The van der Waals surface area contributed by atoms with E-state index < -0.39 is 0 Å². The van der Waals surface area contributed by atoms with Crippen molar-refractivity contribution in [2.75, 3.05) is 4.90 Å². The first-order valence-corrected chi connectivity index (χ1v) is 18.8. The predicted octanol–water partition coefficient (Wildman–Crippen LogP) is 15.1. The summed E-state index contributed by atoms with van der Waals surface area (Å²) < 4.78 is 9.15. The Balaban J connectivity index is 1.09. The molecule has 9 aromatic carbocycles. The van der Waals surface area contributed by atoms with Crippen LogP contribution in [0.5, 0.6) is 0 Å². The molecule has 0 saturated carbocycles. The highest BCUT2D eigenvalue weighted by molar-refractivity contribution is 7.25. The van der Waals surface area contributed by atoms with Gasteiger partial charge in [0.1, 0.15) is 11.2 Å². The van der Waals surface area contributed by atoms with Gasteiger partial charge in [0.15, 0.2) is 0 Å². The number of benzene rings is 9. The zero-order chi connectivity index (χ0) is 34.9. The smallest absolute Gasteiger partial charge is 0.143 e. The zero-order valence-electron chi connectivity index (χ0n) is 28.7. The Labute approximate surface area is 310 Å². The minimum atomic E-state index is 0.903. The quantitative estimate of drug-likeness (QED) is 0.178. The number of fused-ring (bicyclic) bond motifs is 9. The van der Waals surface area contributed by atoms with Crippen molar-refractivity contribution in [1.82, 2.24) is 0 Å². The minimum Gasteiger partial charge on any atom is -0.455 e. The van der Waals surface area contributed by atoms with Gasteiger partial charge in [0.05, 0.1) is 11.4 Å². The summed E-state index contributed by atoms with van der Waals surface area (Å²) in [5, 5.41) is 9.65. The summed E-state index contributed by atoms with van der Waals surface area (Å²) in [5.41, 5.74) is 9.91. The third-order valence-electron chi connectivity index (χ3n) is 10.7. The van der Waals surface area contributed by atoms with Gasteiger partial charge in [-0.1, -0.05) is 140 Å². The molecule has 0 aliphatic carbocycles. The van der Waals surface area contributed by atoms with E-state index in [1.54, 1.807) is 0 Å². The van der Waals surface area contributed by atoms with Gasteiger partial charge in [-0.15, -0.1) is 11.3 Å². The fourth-order valence-corrected chi connectivity index (χ4v) is 9.35. The van der Waals surface area contributed by atoms with Gasteiger partial charge >= 0.3 is 0 Å². The van der Waals surface area contributed by atoms with Crippen molar-refractivity contribution in [2.45, 2.75) is 0 Å². The van der Waals surface area contributed by atoms with Crippen LogP contribution in [0.4, 0.5) is 17.1 Å². The third-order valence-corrected chi connectivity index (χ3v) is 11.8. The molecule has 0 bridgehead atoms. The van der Waals surface area contributed by atoms with Gasteiger partial charge in [0.2, 0.25) is 0 Å². The van der Waals surface area contributed by atoms with Crippen molar-refractivity contribution in [3.8, 4) is 22.3 Å². The maximum absolute atomic E-state index is 6.54. The van der Waals surface area contributed by atoms with Crippen molar-refractivity contribution < 1.29 is 4.42 Å². The number of hydrogen-bond donors (Lipinski definition) is 0. The van der Waals surface area contributed by atoms with Crippen LogP contribution in [0.15, 0.2) is 192 Å². The molecule has 2 heterocycles. The normalized spacial score (nSPS) is 11.8. The molecule has 0 aliphatic heterocycles. The molecule has 2 aromatic heterocycles. The van der Waals surface area contributed by atoms with E-state index in [1.165, 1.54) is 47.5 Å². The summed E-state index contributed by atoms with van der Waals surface area (Å²) in [6, 6.07) is 68.0. The lowest BCUT2D eigenvalue weighted by atomic mass is 9.97. The summed E-state index contributed by atoms with van der Waals surface area (Å²) in [6.07, 6.45) is 0. The molecule has 0 N–H and O–H groups in total. The van der Waals surface area contributed by atoms with Crippen LogP contribution in [0, 0.1) is 0 Å². The van der Waals surface area contributed by atoms with E-state index in [1.807, 2.05) is 11.3 Å². The average molecular weight is 694 g/mol. The number of hydrogen-bond acceptors (Lipinski definition) is 3. The molecule has 0 radical (unpaired) electrons. The Bertz CT molecular complexity index is 3180. The van der Waals surface area contributed by atoms with Gasteiger partial charge < -0.3 is 9.32 Å². The number of anilines is 3. The fraction of sp³-hybridized carbons (Fsp3) is 0. The van der Waals surface area contributed by atoms with Crippen molar-refractivity contribution in [3.05, 3.63) is 188 Å². The lowest BCUT2D eigenvalue weighted by Gasteiger charge is -2.29. The molecule has 3 heteroatoms. The fourth-order valence-electron chi connectivity index (χ4n) is 8.20. The Morgan fingerprint density at radius 1 is 0.396 bits per heavy atom. The SMILES string of the molecule is c1ccc(N(c2ccc(-c3cccc4oc5c6ccccc6ccc5c34)cc2)c2cccc3ccccc23)c(-c2ccc3c(c2)sc2ccccc23)c1. The molecule has 11 aromatic rings. The molecule has 0 spiro atoms. The summed E-state index contributed by atoms with van der Waals surface area (Å²) in [5.74, 6) is 0. The molecular formula is C50H31NOS. The van der Waals surface area contributed by atoms with Gasteiger partial charge in [-0.25, -0.2) is 0 Å². The Hall–Kier alpha value is -6.68. The van der Waals surface area contributed by atoms with Crippen LogP contribution in [0.1, 0.15) is 0 Å². The van der Waals surface area contributed by atoms with Crippen LogP contribution in [0.25, 0.3) is 85.9 Å². The van der Waals surface area contributed by atoms with Crippen molar-refractivity contribution in [1.29, 1.82) is 0 Å². The number of nitrogens with zero attached hydrogens (tertiary/aromatic N) is 1. The topological polar surface area (TPSA) is 16.4 Å². The highest BCUT2D eigenvalue weighted by atomic mass is 32.1. The van der Waals surface area contributed by atoms with Crippen LogP contribution in [0.2, 0.25) is 0 Å². The minimum absolute atomic E-state index is 0.903. The Morgan fingerprint density at radius 2 is 1.02 bits per heavy atom. The molecule has 0 atom stereocenters. The second-order valence-corrected chi connectivity index (χ2v) is 14.7. The number of furan rings is 1. The van der Waals surface area contributed by atoms with Crippen LogP contribution in [-0.4, -0.2) is 0 Å². The Kier molecular flexibility index (Phi) is 6.76. The van der Waals surface area contributed by atoms with Gasteiger partial charge in [-0.05, 0) is 76.0 Å². The molecule has 0 saturated heterocycles. The molecule has 0 unspecified atom stereocenters. The van der Waals surface area contributed by atoms with Crippen LogP contribution in [0.3, 0.4) is 0 Å². The van der Waals surface area contributed by atoms with Gasteiger partial charge in [-0.3, -0.25) is 0 Å². The number of para-hydroxylation sites is 1. The van der Waals surface area contributed by atoms with E-state index >= 15 is 0 Å². The second kappa shape index (κ2) is 11.9. The first kappa shape index (κ1) is 30.0. The van der Waals surface area contributed by atoms with Gasteiger partial charge in [0.25, 0.3) is 0 Å². The molecule has 0 amide bonds. The Morgan fingerprint density at radius 3 is 1.91 bits per heavy atom. The van der Waals surface area contributed by atoms with Gasteiger partial charge in [0, 0.05) is 53.0 Å². The first-order valence-electron chi connectivity index (χ1n) is 18.0. The molecule has 2 nitrogen and oxygen atoms in total. The first-order chi connectivity index (χ1) is 26.3. The lowest BCUT2D eigenvalue weighted by molar-refractivity contribution is 0.673. The molecule has 248 valence electrons. The van der Waals surface area contributed by atoms with Crippen LogP contribution >= 0.6 is 11.3 Å². The van der Waals surface area contributed by atoms with E-state index in [-0.39, 0.29) is 0 Å². The van der Waals surface area contributed by atoms with Crippen LogP contribution < -0.4 is 4.90 Å². The van der Waals surface area contributed by atoms with E-state index in [0.717, 1.165) is 55.5 Å². The van der Waals surface area contributed by atoms with Crippen molar-refractivity contribution in [3.63, 3.8) is 0 Å². The van der Waals surface area contributed by atoms with E-state index in [9.17, 15) is 0 Å². The highest BCUT2D eigenvalue weighted by Gasteiger charge is 2.21.